The van der Waals surface area contributed by atoms with Crippen LogP contribution in [0.5, 0.6) is 17.2 Å². The molecule has 0 aromatic heterocycles. The summed E-state index contributed by atoms with van der Waals surface area (Å²) >= 11 is 0. The van der Waals surface area contributed by atoms with E-state index in [-0.39, 0.29) is 5.78 Å². The molecule has 1 fully saturated rings. The fourth-order valence-corrected chi connectivity index (χ4v) is 4.81. The van der Waals surface area contributed by atoms with Gasteiger partial charge in [0, 0.05) is 42.9 Å². The van der Waals surface area contributed by atoms with E-state index in [1.807, 2.05) is 44.2 Å². The molecule has 7 heteroatoms. The highest BCUT2D eigenvalue weighted by Crippen LogP contribution is 2.43. The van der Waals surface area contributed by atoms with Crippen LogP contribution < -0.4 is 14.2 Å². The van der Waals surface area contributed by atoms with E-state index in [1.54, 1.807) is 6.08 Å². The van der Waals surface area contributed by atoms with Gasteiger partial charge in [-0.15, -0.1) is 0 Å². The van der Waals surface area contributed by atoms with Gasteiger partial charge in [-0.25, -0.2) is 0 Å². The summed E-state index contributed by atoms with van der Waals surface area (Å²) in [4.78, 5) is 18.0. The molecule has 2 aromatic rings. The number of morpholine rings is 1. The van der Waals surface area contributed by atoms with E-state index in [9.17, 15) is 4.79 Å². The zero-order chi connectivity index (χ0) is 23.5. The first kappa shape index (κ1) is 22.9. The molecule has 0 bridgehead atoms. The number of fused-ring (bicyclic) bond motifs is 2. The molecule has 0 amide bonds. The third kappa shape index (κ3) is 4.69. The van der Waals surface area contributed by atoms with Crippen LogP contribution in [0.3, 0.4) is 0 Å². The number of ketones is 1. The molecule has 0 aliphatic carbocycles. The Morgan fingerprint density at radius 2 is 1.88 bits per heavy atom. The molecular weight excluding hydrogens is 432 g/mol. The average molecular weight is 465 g/mol. The van der Waals surface area contributed by atoms with E-state index in [0.29, 0.717) is 30.4 Å². The van der Waals surface area contributed by atoms with Crippen LogP contribution in [-0.4, -0.2) is 68.3 Å². The standard InChI is InChI=1S/C27H32N2O5/c1-3-32-23-8-5-4-7-20(23)16-24-25(30)22-15-21-17-29(10-6-9-28-11-13-31-14-12-28)18-33-26(21)19(2)27(22)34-24/h4-5,7-8,15-16H,3,6,9-14,17-18H2,1-2H3/b24-16-. The van der Waals surface area contributed by atoms with Gasteiger partial charge >= 0.3 is 0 Å². The Labute approximate surface area is 200 Å². The van der Waals surface area contributed by atoms with Gasteiger partial charge in [0.15, 0.2) is 5.76 Å². The van der Waals surface area contributed by atoms with Crippen LogP contribution in [0.2, 0.25) is 0 Å². The molecule has 0 N–H and O–H groups in total. The van der Waals surface area contributed by atoms with Crippen LogP contribution in [0.15, 0.2) is 36.1 Å². The molecule has 34 heavy (non-hydrogen) atoms. The summed E-state index contributed by atoms with van der Waals surface area (Å²) in [7, 11) is 0. The Balaban J connectivity index is 1.30. The Bertz CT molecular complexity index is 1090. The summed E-state index contributed by atoms with van der Waals surface area (Å²) in [6.07, 6.45) is 2.85. The summed E-state index contributed by atoms with van der Waals surface area (Å²) in [5.74, 6) is 2.39. The summed E-state index contributed by atoms with van der Waals surface area (Å²) in [6, 6.07) is 9.61. The van der Waals surface area contributed by atoms with Gasteiger partial charge in [-0.1, -0.05) is 18.2 Å². The van der Waals surface area contributed by atoms with Gasteiger partial charge in [0.05, 0.1) is 25.4 Å². The summed E-state index contributed by atoms with van der Waals surface area (Å²) in [5.41, 5.74) is 3.36. The molecule has 0 unspecified atom stereocenters. The van der Waals surface area contributed by atoms with Gasteiger partial charge in [0.2, 0.25) is 5.78 Å². The molecule has 0 atom stereocenters. The Hall–Kier alpha value is -2.87. The lowest BCUT2D eigenvalue weighted by atomic mass is 10.00. The Morgan fingerprint density at radius 1 is 1.09 bits per heavy atom. The van der Waals surface area contributed by atoms with Crippen molar-refractivity contribution in [1.29, 1.82) is 0 Å². The molecular formula is C27H32N2O5. The van der Waals surface area contributed by atoms with Crippen molar-refractivity contribution in [3.63, 3.8) is 0 Å². The predicted molar refractivity (Wildman–Crippen MR) is 130 cm³/mol. The summed E-state index contributed by atoms with van der Waals surface area (Å²) < 4.78 is 23.3. The maximum absolute atomic E-state index is 13.2. The molecule has 180 valence electrons. The van der Waals surface area contributed by atoms with Gasteiger partial charge in [-0.05, 0) is 45.0 Å². The number of allylic oxidation sites excluding steroid dienone is 1. The third-order valence-corrected chi connectivity index (χ3v) is 6.56. The molecule has 1 saturated heterocycles. The van der Waals surface area contributed by atoms with Crippen LogP contribution in [0.4, 0.5) is 0 Å². The first-order chi connectivity index (χ1) is 16.6. The van der Waals surface area contributed by atoms with Crippen molar-refractivity contribution >= 4 is 11.9 Å². The van der Waals surface area contributed by atoms with E-state index in [0.717, 1.165) is 80.5 Å². The lowest BCUT2D eigenvalue weighted by Gasteiger charge is -2.31. The van der Waals surface area contributed by atoms with Crippen molar-refractivity contribution in [2.24, 2.45) is 0 Å². The van der Waals surface area contributed by atoms with Gasteiger partial charge < -0.3 is 18.9 Å². The summed E-state index contributed by atoms with van der Waals surface area (Å²) in [5, 5.41) is 0. The number of rotatable bonds is 7. The fourth-order valence-electron chi connectivity index (χ4n) is 4.81. The second-order valence-electron chi connectivity index (χ2n) is 8.91. The van der Waals surface area contributed by atoms with Gasteiger partial charge in [-0.3, -0.25) is 14.6 Å². The predicted octanol–water partition coefficient (Wildman–Crippen LogP) is 3.88. The minimum Gasteiger partial charge on any atom is -0.493 e. The largest absolute Gasteiger partial charge is 0.493 e. The van der Waals surface area contributed by atoms with Crippen molar-refractivity contribution in [2.45, 2.75) is 26.8 Å². The monoisotopic (exact) mass is 464 g/mol. The normalized spacial score (nSPS) is 19.5. The lowest BCUT2D eigenvalue weighted by Crippen LogP contribution is -2.39. The SMILES string of the molecule is CCOc1ccccc1/C=C1\Oc2c(cc3c(c2C)OCN(CCCN2CCOCC2)C3)C1=O. The Kier molecular flexibility index (Phi) is 6.85. The maximum Gasteiger partial charge on any atom is 0.231 e. The number of carbonyl (C=O) groups excluding carboxylic acids is 1. The number of hydrogen-bond donors (Lipinski definition) is 0. The molecule has 7 nitrogen and oxygen atoms in total. The molecule has 3 heterocycles. The number of benzene rings is 2. The van der Waals surface area contributed by atoms with Crippen LogP contribution in [-0.2, 0) is 11.3 Å². The quantitative estimate of drug-likeness (QED) is 0.576. The van der Waals surface area contributed by atoms with E-state index in [4.69, 9.17) is 18.9 Å². The molecule has 3 aliphatic rings. The topological polar surface area (TPSA) is 60.5 Å². The number of hydrogen-bond acceptors (Lipinski definition) is 7. The van der Waals surface area contributed by atoms with Crippen LogP contribution in [0.1, 0.15) is 40.4 Å². The highest BCUT2D eigenvalue weighted by molar-refractivity contribution is 6.15. The lowest BCUT2D eigenvalue weighted by molar-refractivity contribution is 0.0329. The maximum atomic E-state index is 13.2. The zero-order valence-electron chi connectivity index (χ0n) is 20.0. The number of para-hydroxylation sites is 1. The molecule has 3 aliphatic heterocycles. The summed E-state index contributed by atoms with van der Waals surface area (Å²) in [6.45, 7) is 11.5. The molecule has 0 saturated carbocycles. The van der Waals surface area contributed by atoms with Crippen molar-refractivity contribution in [3.05, 3.63) is 58.3 Å². The van der Waals surface area contributed by atoms with Crippen molar-refractivity contribution in [3.8, 4) is 17.2 Å². The smallest absolute Gasteiger partial charge is 0.231 e. The van der Waals surface area contributed by atoms with E-state index in [1.165, 1.54) is 0 Å². The highest BCUT2D eigenvalue weighted by atomic mass is 16.5. The third-order valence-electron chi connectivity index (χ3n) is 6.56. The van der Waals surface area contributed by atoms with Gasteiger partial charge in [0.1, 0.15) is 24.0 Å². The second kappa shape index (κ2) is 10.2. The van der Waals surface area contributed by atoms with Crippen molar-refractivity contribution < 1.29 is 23.7 Å². The molecule has 2 aromatic carbocycles. The molecule has 0 radical (unpaired) electrons. The van der Waals surface area contributed by atoms with E-state index >= 15 is 0 Å². The van der Waals surface area contributed by atoms with Crippen LogP contribution >= 0.6 is 0 Å². The fraction of sp³-hybridized carbons (Fsp3) is 0.444. The number of nitrogens with zero attached hydrogens (tertiary/aromatic N) is 2. The number of carbonyl (C=O) groups is 1. The molecule has 5 rings (SSSR count). The van der Waals surface area contributed by atoms with Crippen molar-refractivity contribution in [1.82, 2.24) is 9.80 Å². The minimum atomic E-state index is -0.100. The second-order valence-corrected chi connectivity index (χ2v) is 8.91. The van der Waals surface area contributed by atoms with Gasteiger partial charge in [-0.2, -0.15) is 0 Å². The first-order valence-electron chi connectivity index (χ1n) is 12.1. The minimum absolute atomic E-state index is 0.100. The highest BCUT2D eigenvalue weighted by Gasteiger charge is 2.33. The van der Waals surface area contributed by atoms with Gasteiger partial charge in [0.25, 0.3) is 0 Å². The number of Topliss-reactive ketones (excluding diaryl/α,β-unsaturated/α-hetero) is 1. The Morgan fingerprint density at radius 3 is 2.71 bits per heavy atom. The van der Waals surface area contributed by atoms with E-state index < -0.39 is 0 Å². The van der Waals surface area contributed by atoms with Crippen molar-refractivity contribution in [2.75, 3.05) is 52.7 Å². The van der Waals surface area contributed by atoms with Crippen LogP contribution in [0.25, 0.3) is 6.08 Å². The zero-order valence-corrected chi connectivity index (χ0v) is 20.0. The first-order valence-corrected chi connectivity index (χ1v) is 12.1. The number of ether oxygens (including phenoxy) is 4. The van der Waals surface area contributed by atoms with E-state index in [2.05, 4.69) is 9.80 Å². The van der Waals surface area contributed by atoms with Crippen LogP contribution in [0, 0.1) is 6.92 Å². The average Bonchev–Trinajstić information content (AvgIpc) is 3.16. The molecule has 0 spiro atoms.